The molecule has 2 atom stereocenters. The van der Waals surface area contributed by atoms with E-state index >= 15 is 0 Å². The Kier molecular flexibility index (Phi) is 3.75. The van der Waals surface area contributed by atoms with Gasteiger partial charge in [-0.05, 0) is 31.2 Å². The number of hydrogen-bond acceptors (Lipinski definition) is 6. The van der Waals surface area contributed by atoms with Gasteiger partial charge in [0.1, 0.15) is 5.69 Å². The fourth-order valence-corrected chi connectivity index (χ4v) is 2.41. The van der Waals surface area contributed by atoms with Crippen LogP contribution in [-0.4, -0.2) is 40.9 Å². The first-order valence-corrected chi connectivity index (χ1v) is 6.85. The predicted molar refractivity (Wildman–Crippen MR) is 73.3 cm³/mol. The van der Waals surface area contributed by atoms with E-state index in [0.29, 0.717) is 24.9 Å². The third-order valence-corrected chi connectivity index (χ3v) is 3.45. The molecule has 0 aliphatic carbocycles. The Morgan fingerprint density at radius 1 is 1.40 bits per heavy atom. The van der Waals surface area contributed by atoms with Gasteiger partial charge in [0.15, 0.2) is 0 Å². The first-order valence-electron chi connectivity index (χ1n) is 6.85. The van der Waals surface area contributed by atoms with Gasteiger partial charge in [-0.1, -0.05) is 12.1 Å². The Morgan fingerprint density at radius 3 is 3.10 bits per heavy atom. The molecule has 1 aliphatic heterocycles. The van der Waals surface area contributed by atoms with Crippen LogP contribution in [0.25, 0.3) is 11.5 Å². The van der Waals surface area contributed by atoms with E-state index in [2.05, 4.69) is 27.4 Å². The summed E-state index contributed by atoms with van der Waals surface area (Å²) in [6, 6.07) is 4.12. The molecule has 1 fully saturated rings. The van der Waals surface area contributed by atoms with Crippen LogP contribution >= 0.6 is 0 Å². The van der Waals surface area contributed by atoms with Crippen LogP contribution in [0.4, 0.5) is 0 Å². The van der Waals surface area contributed by atoms with E-state index in [1.165, 1.54) is 0 Å². The monoisotopic (exact) mass is 274 g/mol. The molecule has 0 aromatic carbocycles. The lowest BCUT2D eigenvalue weighted by Gasteiger charge is -2.13. The van der Waals surface area contributed by atoms with Gasteiger partial charge < -0.3 is 14.6 Å². The summed E-state index contributed by atoms with van der Waals surface area (Å²) in [6.45, 7) is 6.27. The number of rotatable bonds is 4. The largest absolute Gasteiger partial charge is 0.379 e. The standard InChI is InChI=1S/C14H18N4O2/c1-3-15-12-8-19-7-10(12)14-17-13(18-20-14)11-6-9(2)4-5-16-11/h4-6,10,12,15H,3,7-8H2,1-2H3. The number of hydrogen-bond donors (Lipinski definition) is 1. The Hall–Kier alpha value is -1.79. The van der Waals surface area contributed by atoms with Crippen LogP contribution in [0, 0.1) is 6.92 Å². The molecule has 1 N–H and O–H groups in total. The smallest absolute Gasteiger partial charge is 0.234 e. The summed E-state index contributed by atoms with van der Waals surface area (Å²) in [4.78, 5) is 8.75. The summed E-state index contributed by atoms with van der Waals surface area (Å²) < 4.78 is 10.9. The lowest BCUT2D eigenvalue weighted by molar-refractivity contribution is 0.185. The van der Waals surface area contributed by atoms with Gasteiger partial charge >= 0.3 is 0 Å². The minimum absolute atomic E-state index is 0.112. The summed E-state index contributed by atoms with van der Waals surface area (Å²) in [6.07, 6.45) is 1.75. The maximum absolute atomic E-state index is 5.50. The average Bonchev–Trinajstić information content (AvgIpc) is 3.07. The van der Waals surface area contributed by atoms with Gasteiger partial charge in [-0.25, -0.2) is 0 Å². The highest BCUT2D eigenvalue weighted by Crippen LogP contribution is 2.26. The molecule has 2 unspecified atom stereocenters. The molecule has 6 heteroatoms. The van der Waals surface area contributed by atoms with E-state index in [1.807, 2.05) is 19.1 Å². The molecule has 0 radical (unpaired) electrons. The number of nitrogens with zero attached hydrogens (tertiary/aromatic N) is 3. The van der Waals surface area contributed by atoms with Crippen LogP contribution in [0.2, 0.25) is 0 Å². The highest BCUT2D eigenvalue weighted by Gasteiger charge is 2.33. The molecule has 3 heterocycles. The SMILES string of the molecule is CCNC1COCC1c1nc(-c2cc(C)ccn2)no1. The number of ether oxygens (including phenoxy) is 1. The van der Waals surface area contributed by atoms with Gasteiger partial charge in [-0.3, -0.25) is 4.98 Å². The fourth-order valence-electron chi connectivity index (χ4n) is 2.41. The van der Waals surface area contributed by atoms with Gasteiger partial charge in [0.2, 0.25) is 11.7 Å². The lowest BCUT2D eigenvalue weighted by atomic mass is 10.0. The normalized spacial score (nSPS) is 22.3. The second-order valence-corrected chi connectivity index (χ2v) is 4.98. The Morgan fingerprint density at radius 2 is 2.30 bits per heavy atom. The Labute approximate surface area is 117 Å². The minimum Gasteiger partial charge on any atom is -0.379 e. The molecule has 106 valence electrons. The van der Waals surface area contributed by atoms with Crippen molar-refractivity contribution in [3.05, 3.63) is 29.8 Å². The Balaban J connectivity index is 1.83. The minimum atomic E-state index is 0.112. The van der Waals surface area contributed by atoms with E-state index in [1.54, 1.807) is 6.20 Å². The van der Waals surface area contributed by atoms with Crippen molar-refractivity contribution in [3.8, 4) is 11.5 Å². The summed E-state index contributed by atoms with van der Waals surface area (Å²) in [5.41, 5.74) is 1.86. The Bertz CT molecular complexity index is 584. The average molecular weight is 274 g/mol. The van der Waals surface area contributed by atoms with E-state index in [-0.39, 0.29) is 12.0 Å². The summed E-state index contributed by atoms with van der Waals surface area (Å²) >= 11 is 0. The third kappa shape index (κ3) is 2.57. The predicted octanol–water partition coefficient (Wildman–Crippen LogP) is 1.53. The van der Waals surface area contributed by atoms with Crippen molar-refractivity contribution in [1.29, 1.82) is 0 Å². The summed E-state index contributed by atoms with van der Waals surface area (Å²) in [5.74, 6) is 1.26. The third-order valence-electron chi connectivity index (χ3n) is 3.45. The van der Waals surface area contributed by atoms with Crippen molar-refractivity contribution in [2.45, 2.75) is 25.8 Å². The van der Waals surface area contributed by atoms with E-state index < -0.39 is 0 Å². The molecular formula is C14H18N4O2. The maximum atomic E-state index is 5.50. The molecule has 1 saturated heterocycles. The summed E-state index contributed by atoms with van der Waals surface area (Å²) in [5, 5.41) is 7.42. The number of aryl methyl sites for hydroxylation is 1. The zero-order chi connectivity index (χ0) is 13.9. The molecule has 3 rings (SSSR count). The van der Waals surface area contributed by atoms with Crippen molar-refractivity contribution in [3.63, 3.8) is 0 Å². The molecule has 20 heavy (non-hydrogen) atoms. The quantitative estimate of drug-likeness (QED) is 0.911. The van der Waals surface area contributed by atoms with Gasteiger partial charge in [0, 0.05) is 12.2 Å². The van der Waals surface area contributed by atoms with Gasteiger partial charge in [0.25, 0.3) is 0 Å². The number of aromatic nitrogens is 3. The molecule has 2 aromatic heterocycles. The number of pyridine rings is 1. The first-order chi connectivity index (χ1) is 9.78. The zero-order valence-electron chi connectivity index (χ0n) is 11.7. The molecule has 1 aliphatic rings. The number of likely N-dealkylation sites (N-methyl/N-ethyl adjacent to an activating group) is 1. The van der Waals surface area contributed by atoms with Crippen molar-refractivity contribution >= 4 is 0 Å². The zero-order valence-corrected chi connectivity index (χ0v) is 11.7. The molecule has 0 amide bonds. The second kappa shape index (κ2) is 5.68. The van der Waals surface area contributed by atoms with Crippen molar-refractivity contribution in [1.82, 2.24) is 20.4 Å². The maximum Gasteiger partial charge on any atom is 0.234 e. The van der Waals surface area contributed by atoms with Crippen LogP contribution in [0.5, 0.6) is 0 Å². The van der Waals surface area contributed by atoms with Crippen LogP contribution in [-0.2, 0) is 4.74 Å². The molecule has 0 bridgehead atoms. The molecular weight excluding hydrogens is 256 g/mol. The van der Waals surface area contributed by atoms with Gasteiger partial charge in [-0.2, -0.15) is 4.98 Å². The second-order valence-electron chi connectivity index (χ2n) is 4.98. The highest BCUT2D eigenvalue weighted by molar-refractivity contribution is 5.49. The van der Waals surface area contributed by atoms with Crippen LogP contribution in [0.15, 0.2) is 22.9 Å². The topological polar surface area (TPSA) is 73.1 Å². The number of nitrogens with one attached hydrogen (secondary N) is 1. The molecule has 0 spiro atoms. The lowest BCUT2D eigenvalue weighted by Crippen LogP contribution is -2.34. The van der Waals surface area contributed by atoms with Gasteiger partial charge in [-0.15, -0.1) is 0 Å². The van der Waals surface area contributed by atoms with Crippen molar-refractivity contribution in [2.24, 2.45) is 0 Å². The van der Waals surface area contributed by atoms with Crippen LogP contribution in [0.1, 0.15) is 24.3 Å². The summed E-state index contributed by atoms with van der Waals surface area (Å²) in [7, 11) is 0. The fraction of sp³-hybridized carbons (Fsp3) is 0.500. The van der Waals surface area contributed by atoms with Crippen molar-refractivity contribution < 1.29 is 9.26 Å². The highest BCUT2D eigenvalue weighted by atomic mass is 16.5. The molecule has 6 nitrogen and oxygen atoms in total. The van der Waals surface area contributed by atoms with Gasteiger partial charge in [0.05, 0.1) is 19.1 Å². The van der Waals surface area contributed by atoms with Crippen LogP contribution < -0.4 is 5.32 Å². The first kappa shape index (κ1) is 13.2. The van der Waals surface area contributed by atoms with E-state index in [9.17, 15) is 0 Å². The molecule has 2 aromatic rings. The van der Waals surface area contributed by atoms with E-state index in [0.717, 1.165) is 17.8 Å². The van der Waals surface area contributed by atoms with Crippen LogP contribution in [0.3, 0.4) is 0 Å². The van der Waals surface area contributed by atoms with Crippen molar-refractivity contribution in [2.75, 3.05) is 19.8 Å². The van der Waals surface area contributed by atoms with E-state index in [4.69, 9.17) is 9.26 Å². The molecule has 0 saturated carbocycles.